The van der Waals surface area contributed by atoms with Crippen LogP contribution in [0.2, 0.25) is 0 Å². The molecule has 0 aromatic heterocycles. The molecule has 0 saturated carbocycles. The highest BCUT2D eigenvalue weighted by Gasteiger charge is 2.21. The van der Waals surface area contributed by atoms with Crippen molar-refractivity contribution in [2.24, 2.45) is 5.92 Å². The van der Waals surface area contributed by atoms with Gasteiger partial charge in [-0.1, -0.05) is 13.8 Å². The van der Waals surface area contributed by atoms with Crippen LogP contribution in [0.5, 0.6) is 0 Å². The minimum Gasteiger partial charge on any atom is -0.320 e. The van der Waals surface area contributed by atoms with Crippen LogP contribution in [0.15, 0.2) is 18.2 Å². The molecule has 1 amide bonds. The summed E-state index contributed by atoms with van der Waals surface area (Å²) in [4.78, 5) is 31.2. The third-order valence-corrected chi connectivity index (χ3v) is 2.17. The lowest BCUT2D eigenvalue weighted by Crippen LogP contribution is -2.18. The average Bonchev–Trinajstić information content (AvgIpc) is 2.28. The van der Waals surface area contributed by atoms with Crippen LogP contribution in [0.4, 0.5) is 17.1 Å². The first-order valence-electron chi connectivity index (χ1n) is 5.06. The fraction of sp³-hybridized carbons (Fsp3) is 0.300. The fourth-order valence-corrected chi connectivity index (χ4v) is 1.17. The van der Waals surface area contributed by atoms with E-state index in [0.717, 1.165) is 18.2 Å². The van der Waals surface area contributed by atoms with Crippen LogP contribution in [0.25, 0.3) is 0 Å². The number of anilines is 1. The first kappa shape index (κ1) is 13.6. The smallest absolute Gasteiger partial charge is 0.299 e. The number of carbonyl (C=O) groups excluding carboxylic acids is 1. The molecule has 0 aliphatic heterocycles. The summed E-state index contributed by atoms with van der Waals surface area (Å²) < 4.78 is 0. The van der Waals surface area contributed by atoms with Gasteiger partial charge < -0.3 is 5.32 Å². The predicted molar refractivity (Wildman–Crippen MR) is 63.2 cm³/mol. The van der Waals surface area contributed by atoms with E-state index >= 15 is 0 Å². The minimum atomic E-state index is -0.775. The normalized spacial score (nSPS) is 10.2. The Morgan fingerprint density at radius 1 is 1.22 bits per heavy atom. The zero-order chi connectivity index (χ0) is 13.9. The highest BCUT2D eigenvalue weighted by Crippen LogP contribution is 2.29. The summed E-state index contributed by atoms with van der Waals surface area (Å²) in [5, 5.41) is 23.6. The van der Waals surface area contributed by atoms with Crippen LogP contribution in [0, 0.1) is 26.1 Å². The number of hydrogen-bond donors (Lipinski definition) is 1. The molecule has 1 aromatic rings. The number of rotatable bonds is 4. The molecule has 0 saturated heterocycles. The van der Waals surface area contributed by atoms with Crippen LogP contribution in [0.1, 0.15) is 13.8 Å². The van der Waals surface area contributed by atoms with Gasteiger partial charge in [0.15, 0.2) is 0 Å². The molecule has 1 aromatic carbocycles. The van der Waals surface area contributed by atoms with E-state index < -0.39 is 27.1 Å². The SMILES string of the molecule is CC(C)C(=O)Nc1ccc([N+](=O)[O-])cc1[N+](=O)[O-]. The lowest BCUT2D eigenvalue weighted by Gasteiger charge is -2.07. The molecule has 0 spiro atoms. The van der Waals surface area contributed by atoms with E-state index in [4.69, 9.17) is 0 Å². The molecule has 0 unspecified atom stereocenters. The molecule has 1 N–H and O–H groups in total. The molecule has 0 bridgehead atoms. The van der Waals surface area contributed by atoms with Gasteiger partial charge in [-0.15, -0.1) is 0 Å². The number of nitro groups is 2. The van der Waals surface area contributed by atoms with Gasteiger partial charge in [0.05, 0.1) is 15.9 Å². The highest BCUT2D eigenvalue weighted by molar-refractivity contribution is 5.94. The first-order valence-corrected chi connectivity index (χ1v) is 5.06. The maximum Gasteiger partial charge on any atom is 0.299 e. The molecule has 0 aliphatic rings. The molecule has 96 valence electrons. The zero-order valence-electron chi connectivity index (χ0n) is 9.75. The molecule has 0 fully saturated rings. The highest BCUT2D eigenvalue weighted by atomic mass is 16.6. The lowest BCUT2D eigenvalue weighted by molar-refractivity contribution is -0.393. The van der Waals surface area contributed by atoms with Gasteiger partial charge in [0.2, 0.25) is 5.91 Å². The molecule has 0 atom stereocenters. The van der Waals surface area contributed by atoms with Crippen LogP contribution < -0.4 is 5.32 Å². The largest absolute Gasteiger partial charge is 0.320 e. The van der Waals surface area contributed by atoms with Crippen molar-refractivity contribution >= 4 is 23.0 Å². The second-order valence-electron chi connectivity index (χ2n) is 3.86. The Bertz CT molecular complexity index is 512. The molecule has 8 heteroatoms. The van der Waals surface area contributed by atoms with Crippen LogP contribution in [-0.2, 0) is 4.79 Å². The summed E-state index contributed by atoms with van der Waals surface area (Å²) in [7, 11) is 0. The summed E-state index contributed by atoms with van der Waals surface area (Å²) in [5.74, 6) is -0.744. The van der Waals surface area contributed by atoms with E-state index in [9.17, 15) is 25.0 Å². The number of carbonyl (C=O) groups is 1. The van der Waals surface area contributed by atoms with Crippen LogP contribution in [-0.4, -0.2) is 15.8 Å². The van der Waals surface area contributed by atoms with E-state index in [1.807, 2.05) is 0 Å². The topological polar surface area (TPSA) is 115 Å². The monoisotopic (exact) mass is 253 g/mol. The quantitative estimate of drug-likeness (QED) is 0.651. The van der Waals surface area contributed by atoms with Crippen LogP contribution >= 0.6 is 0 Å². The zero-order valence-corrected chi connectivity index (χ0v) is 9.75. The van der Waals surface area contributed by atoms with Gasteiger partial charge in [-0.25, -0.2) is 0 Å². The average molecular weight is 253 g/mol. The van der Waals surface area contributed by atoms with Crippen molar-refractivity contribution in [2.75, 3.05) is 5.32 Å². The summed E-state index contributed by atoms with van der Waals surface area (Å²) in [6.45, 7) is 3.26. The van der Waals surface area contributed by atoms with Crippen molar-refractivity contribution in [3.63, 3.8) is 0 Å². The van der Waals surface area contributed by atoms with Crippen molar-refractivity contribution in [2.45, 2.75) is 13.8 Å². The molecule has 0 radical (unpaired) electrons. The molecule has 1 rings (SSSR count). The van der Waals surface area contributed by atoms with E-state index in [-0.39, 0.29) is 11.6 Å². The summed E-state index contributed by atoms with van der Waals surface area (Å²) >= 11 is 0. The molecule has 8 nitrogen and oxygen atoms in total. The van der Waals surface area contributed by atoms with Gasteiger partial charge in [0, 0.05) is 12.0 Å². The van der Waals surface area contributed by atoms with Crippen molar-refractivity contribution in [1.82, 2.24) is 0 Å². The Morgan fingerprint density at radius 2 is 1.83 bits per heavy atom. The number of nitrogens with zero attached hydrogens (tertiary/aromatic N) is 2. The second-order valence-corrected chi connectivity index (χ2v) is 3.86. The minimum absolute atomic E-state index is 0.0516. The summed E-state index contributed by atoms with van der Waals surface area (Å²) in [6, 6.07) is 3.06. The predicted octanol–water partition coefficient (Wildman–Crippen LogP) is 2.10. The number of hydrogen-bond acceptors (Lipinski definition) is 5. The maximum atomic E-state index is 11.4. The number of nitrogens with one attached hydrogen (secondary N) is 1. The van der Waals surface area contributed by atoms with Gasteiger partial charge >= 0.3 is 0 Å². The fourth-order valence-electron chi connectivity index (χ4n) is 1.17. The van der Waals surface area contributed by atoms with Crippen molar-refractivity contribution < 1.29 is 14.6 Å². The number of benzene rings is 1. The Hall–Kier alpha value is -2.51. The number of nitro benzene ring substituents is 2. The second kappa shape index (κ2) is 5.21. The Kier molecular flexibility index (Phi) is 3.93. The molecular formula is C10H11N3O5. The molecular weight excluding hydrogens is 242 g/mol. The van der Waals surface area contributed by atoms with Gasteiger partial charge in [0.1, 0.15) is 5.69 Å². The van der Waals surface area contributed by atoms with Gasteiger partial charge in [-0.05, 0) is 6.07 Å². The van der Waals surface area contributed by atoms with Crippen molar-refractivity contribution in [3.05, 3.63) is 38.4 Å². The Morgan fingerprint density at radius 3 is 2.28 bits per heavy atom. The van der Waals surface area contributed by atoms with E-state index in [2.05, 4.69) is 5.32 Å². The summed E-state index contributed by atoms with van der Waals surface area (Å²) in [5.41, 5.74) is -0.952. The molecule has 0 aliphatic carbocycles. The van der Waals surface area contributed by atoms with Crippen LogP contribution in [0.3, 0.4) is 0 Å². The van der Waals surface area contributed by atoms with Crippen molar-refractivity contribution in [1.29, 1.82) is 0 Å². The van der Waals surface area contributed by atoms with E-state index in [1.54, 1.807) is 13.8 Å². The van der Waals surface area contributed by atoms with Crippen molar-refractivity contribution in [3.8, 4) is 0 Å². The standard InChI is InChI=1S/C10H11N3O5/c1-6(2)10(14)11-8-4-3-7(12(15)16)5-9(8)13(17)18/h3-6H,1-2H3,(H,11,14). The van der Waals surface area contributed by atoms with E-state index in [0.29, 0.717) is 0 Å². The van der Waals surface area contributed by atoms with Gasteiger partial charge in [0.25, 0.3) is 11.4 Å². The molecule has 0 heterocycles. The maximum absolute atomic E-state index is 11.4. The Balaban J connectivity index is 3.16. The number of amides is 1. The number of non-ortho nitro benzene ring substituents is 1. The lowest BCUT2D eigenvalue weighted by atomic mass is 10.2. The first-order chi connectivity index (χ1) is 8.32. The van der Waals surface area contributed by atoms with E-state index in [1.165, 1.54) is 0 Å². The van der Waals surface area contributed by atoms with Gasteiger partial charge in [-0.2, -0.15) is 0 Å². The van der Waals surface area contributed by atoms with Gasteiger partial charge in [-0.3, -0.25) is 25.0 Å². The molecule has 18 heavy (non-hydrogen) atoms. The third-order valence-electron chi connectivity index (χ3n) is 2.17. The third kappa shape index (κ3) is 3.00. The summed E-state index contributed by atoms with van der Waals surface area (Å²) in [6.07, 6.45) is 0. The Labute approximate surface area is 102 Å².